The molecule has 1 N–H and O–H groups in total. The molecule has 110 valence electrons. The molecule has 1 aromatic carbocycles. The third-order valence-electron chi connectivity index (χ3n) is 4.47. The summed E-state index contributed by atoms with van der Waals surface area (Å²) in [4.78, 5) is 2.56. The van der Waals surface area contributed by atoms with Crippen LogP contribution in [0.1, 0.15) is 38.2 Å². The fourth-order valence-corrected chi connectivity index (χ4v) is 3.26. The van der Waals surface area contributed by atoms with Gasteiger partial charge in [-0.05, 0) is 57.3 Å². The van der Waals surface area contributed by atoms with Crippen LogP contribution >= 0.6 is 0 Å². The Bertz CT molecular complexity index is 423. The van der Waals surface area contributed by atoms with Crippen molar-refractivity contribution in [2.75, 3.05) is 25.0 Å². The Hall–Kier alpha value is -1.06. The van der Waals surface area contributed by atoms with Crippen molar-refractivity contribution in [3.05, 3.63) is 29.8 Å². The molecule has 3 heteroatoms. The first-order valence-corrected chi connectivity index (χ1v) is 8.03. The summed E-state index contributed by atoms with van der Waals surface area (Å²) in [5.41, 5.74) is 2.76. The van der Waals surface area contributed by atoms with Crippen LogP contribution in [0.4, 0.5) is 5.69 Å². The summed E-state index contributed by atoms with van der Waals surface area (Å²) in [5.74, 6) is 0. The molecule has 2 fully saturated rings. The van der Waals surface area contributed by atoms with Crippen molar-refractivity contribution in [2.45, 2.75) is 51.3 Å². The summed E-state index contributed by atoms with van der Waals surface area (Å²) in [5, 5.41) is 3.70. The van der Waals surface area contributed by atoms with E-state index in [0.29, 0.717) is 12.1 Å². The van der Waals surface area contributed by atoms with Gasteiger partial charge in [-0.15, -0.1) is 0 Å². The van der Waals surface area contributed by atoms with E-state index in [2.05, 4.69) is 41.4 Å². The molecular formula is C17H26N2O. The SMILES string of the molecule is CCOC1CC(Nc2ccccc2CN2CCCC2)C1. The van der Waals surface area contributed by atoms with E-state index in [-0.39, 0.29) is 0 Å². The molecule has 0 radical (unpaired) electrons. The first kappa shape index (κ1) is 13.9. The summed E-state index contributed by atoms with van der Waals surface area (Å²) in [7, 11) is 0. The first-order valence-electron chi connectivity index (χ1n) is 8.03. The maximum Gasteiger partial charge on any atom is 0.0614 e. The minimum Gasteiger partial charge on any atom is -0.382 e. The lowest BCUT2D eigenvalue weighted by Gasteiger charge is -2.36. The second kappa shape index (κ2) is 6.59. The van der Waals surface area contributed by atoms with Gasteiger partial charge >= 0.3 is 0 Å². The Morgan fingerprint density at radius 1 is 1.20 bits per heavy atom. The average Bonchev–Trinajstić information content (AvgIpc) is 2.91. The molecule has 0 aromatic heterocycles. The van der Waals surface area contributed by atoms with Crippen molar-refractivity contribution in [1.82, 2.24) is 4.90 Å². The number of benzene rings is 1. The summed E-state index contributed by atoms with van der Waals surface area (Å²) >= 11 is 0. The molecule has 1 heterocycles. The van der Waals surface area contributed by atoms with Gasteiger partial charge in [-0.25, -0.2) is 0 Å². The highest BCUT2D eigenvalue weighted by atomic mass is 16.5. The van der Waals surface area contributed by atoms with Gasteiger partial charge in [-0.1, -0.05) is 18.2 Å². The lowest BCUT2D eigenvalue weighted by molar-refractivity contribution is 0.00297. The molecule has 0 amide bonds. The number of rotatable bonds is 6. The number of likely N-dealkylation sites (tertiary alicyclic amines) is 1. The monoisotopic (exact) mass is 274 g/mol. The van der Waals surface area contributed by atoms with Gasteiger partial charge in [-0.2, -0.15) is 0 Å². The number of hydrogen-bond acceptors (Lipinski definition) is 3. The Balaban J connectivity index is 1.56. The lowest BCUT2D eigenvalue weighted by Crippen LogP contribution is -2.41. The van der Waals surface area contributed by atoms with Crippen molar-refractivity contribution < 1.29 is 4.74 Å². The van der Waals surface area contributed by atoms with Crippen LogP contribution in [-0.4, -0.2) is 36.7 Å². The van der Waals surface area contributed by atoms with Crippen LogP contribution < -0.4 is 5.32 Å². The van der Waals surface area contributed by atoms with E-state index in [9.17, 15) is 0 Å². The summed E-state index contributed by atoms with van der Waals surface area (Å²) < 4.78 is 5.64. The van der Waals surface area contributed by atoms with Crippen LogP contribution in [0.5, 0.6) is 0 Å². The Morgan fingerprint density at radius 3 is 2.70 bits per heavy atom. The molecule has 20 heavy (non-hydrogen) atoms. The van der Waals surface area contributed by atoms with Gasteiger partial charge in [0.25, 0.3) is 0 Å². The molecule has 1 aliphatic heterocycles. The minimum atomic E-state index is 0.475. The molecular weight excluding hydrogens is 248 g/mol. The molecule has 3 rings (SSSR count). The number of ether oxygens (including phenoxy) is 1. The normalized spacial score (nSPS) is 26.4. The number of nitrogens with zero attached hydrogens (tertiary/aromatic N) is 1. The topological polar surface area (TPSA) is 24.5 Å². The zero-order valence-corrected chi connectivity index (χ0v) is 12.5. The molecule has 0 unspecified atom stereocenters. The number of hydrogen-bond donors (Lipinski definition) is 1. The zero-order chi connectivity index (χ0) is 13.8. The van der Waals surface area contributed by atoms with E-state index in [1.165, 1.54) is 37.2 Å². The zero-order valence-electron chi connectivity index (χ0n) is 12.5. The molecule has 0 bridgehead atoms. The van der Waals surface area contributed by atoms with Crippen LogP contribution in [0.2, 0.25) is 0 Å². The van der Waals surface area contributed by atoms with Gasteiger partial charge in [0.1, 0.15) is 0 Å². The van der Waals surface area contributed by atoms with E-state index in [0.717, 1.165) is 26.0 Å². The van der Waals surface area contributed by atoms with Crippen LogP contribution in [0.15, 0.2) is 24.3 Å². The molecule has 3 nitrogen and oxygen atoms in total. The van der Waals surface area contributed by atoms with E-state index < -0.39 is 0 Å². The van der Waals surface area contributed by atoms with Gasteiger partial charge in [0.15, 0.2) is 0 Å². The van der Waals surface area contributed by atoms with Crippen LogP contribution in [0.25, 0.3) is 0 Å². The van der Waals surface area contributed by atoms with Crippen LogP contribution in [0, 0.1) is 0 Å². The van der Waals surface area contributed by atoms with Crippen molar-refractivity contribution in [3.8, 4) is 0 Å². The number of para-hydroxylation sites is 1. The van der Waals surface area contributed by atoms with Gasteiger partial charge in [0.05, 0.1) is 6.10 Å². The Labute approximate surface area is 122 Å². The highest BCUT2D eigenvalue weighted by Crippen LogP contribution is 2.29. The molecule has 1 saturated heterocycles. The van der Waals surface area contributed by atoms with Crippen LogP contribution in [-0.2, 0) is 11.3 Å². The third kappa shape index (κ3) is 3.33. The fourth-order valence-electron chi connectivity index (χ4n) is 3.26. The smallest absolute Gasteiger partial charge is 0.0614 e. The largest absolute Gasteiger partial charge is 0.382 e. The van der Waals surface area contributed by atoms with E-state index >= 15 is 0 Å². The maximum atomic E-state index is 5.64. The summed E-state index contributed by atoms with van der Waals surface area (Å²) in [6.07, 6.45) is 5.48. The van der Waals surface area contributed by atoms with Crippen molar-refractivity contribution in [1.29, 1.82) is 0 Å². The van der Waals surface area contributed by atoms with E-state index in [1.54, 1.807) is 0 Å². The quantitative estimate of drug-likeness (QED) is 0.861. The predicted octanol–water partition coefficient (Wildman–Crippen LogP) is 3.26. The van der Waals surface area contributed by atoms with Crippen molar-refractivity contribution >= 4 is 5.69 Å². The first-order chi connectivity index (χ1) is 9.85. The summed E-state index contributed by atoms with van der Waals surface area (Å²) in [6.45, 7) is 6.51. The Kier molecular flexibility index (Phi) is 4.58. The van der Waals surface area contributed by atoms with Crippen molar-refractivity contribution in [2.24, 2.45) is 0 Å². The predicted molar refractivity (Wildman–Crippen MR) is 83.0 cm³/mol. The molecule has 1 aliphatic carbocycles. The van der Waals surface area contributed by atoms with Gasteiger partial charge < -0.3 is 10.1 Å². The second-order valence-corrected chi connectivity index (χ2v) is 6.03. The van der Waals surface area contributed by atoms with Gasteiger partial charge in [0.2, 0.25) is 0 Å². The van der Waals surface area contributed by atoms with Gasteiger partial charge in [0, 0.05) is 24.9 Å². The van der Waals surface area contributed by atoms with Crippen LogP contribution in [0.3, 0.4) is 0 Å². The average molecular weight is 274 g/mol. The molecule has 0 atom stereocenters. The van der Waals surface area contributed by atoms with Crippen molar-refractivity contribution in [3.63, 3.8) is 0 Å². The molecule has 0 spiro atoms. The van der Waals surface area contributed by atoms with E-state index in [4.69, 9.17) is 4.74 Å². The lowest BCUT2D eigenvalue weighted by atomic mass is 9.89. The summed E-state index contributed by atoms with van der Waals surface area (Å²) in [6, 6.07) is 9.36. The molecule has 2 aliphatic rings. The molecule has 1 aromatic rings. The Morgan fingerprint density at radius 2 is 1.95 bits per heavy atom. The standard InChI is InChI=1S/C17H26N2O/c1-2-20-16-11-15(12-16)18-17-8-4-3-7-14(17)13-19-9-5-6-10-19/h3-4,7-8,15-16,18H,2,5-6,9-13H2,1H3. The fraction of sp³-hybridized carbons (Fsp3) is 0.647. The van der Waals surface area contributed by atoms with Gasteiger partial charge in [-0.3, -0.25) is 4.90 Å². The van der Waals surface area contributed by atoms with E-state index in [1.807, 2.05) is 0 Å². The highest BCUT2D eigenvalue weighted by Gasteiger charge is 2.29. The molecule has 1 saturated carbocycles. The number of anilines is 1. The number of nitrogens with one attached hydrogen (secondary N) is 1. The third-order valence-corrected chi connectivity index (χ3v) is 4.47. The maximum absolute atomic E-state index is 5.64. The second-order valence-electron chi connectivity index (χ2n) is 6.03. The minimum absolute atomic E-state index is 0.475. The highest BCUT2D eigenvalue weighted by molar-refractivity contribution is 5.52.